The number of anilines is 1. The number of pyridine rings is 2. The van der Waals surface area contributed by atoms with E-state index in [0.29, 0.717) is 28.9 Å². The van der Waals surface area contributed by atoms with E-state index in [1.54, 1.807) is 18.3 Å². The lowest BCUT2D eigenvalue weighted by molar-refractivity contribution is -0.138. The van der Waals surface area contributed by atoms with Gasteiger partial charge in [0.1, 0.15) is 5.82 Å². The topological polar surface area (TPSA) is 50.2 Å². The normalized spacial score (nSPS) is 13.0. The highest BCUT2D eigenvalue weighted by Gasteiger charge is 2.33. The molecule has 1 aliphatic heterocycles. The van der Waals surface area contributed by atoms with Crippen LogP contribution in [-0.4, -0.2) is 15.7 Å². The van der Waals surface area contributed by atoms with E-state index in [0.717, 1.165) is 23.0 Å². The van der Waals surface area contributed by atoms with Gasteiger partial charge in [-0.3, -0.25) is 15.0 Å². The maximum Gasteiger partial charge on any atom is 0.418 e. The van der Waals surface area contributed by atoms with Crippen LogP contribution in [0.2, 0.25) is 0 Å². The predicted molar refractivity (Wildman–Crippen MR) is 116 cm³/mol. The number of halogens is 4. The van der Waals surface area contributed by atoms with Crippen LogP contribution in [0.3, 0.4) is 0 Å². The number of nitrogens with one attached hydrogen (secondary N) is 1. The van der Waals surface area contributed by atoms with Gasteiger partial charge in [0.25, 0.3) is 0 Å². The second-order valence-electron chi connectivity index (χ2n) is 7.69. The molecule has 0 spiro atoms. The van der Waals surface area contributed by atoms with Crippen molar-refractivity contribution in [1.29, 1.82) is 0 Å². The van der Waals surface area contributed by atoms with E-state index in [4.69, 9.17) is 0 Å². The van der Waals surface area contributed by atoms with Gasteiger partial charge < -0.3 is 5.32 Å². The first-order chi connectivity index (χ1) is 15.1. The van der Waals surface area contributed by atoms with E-state index in [2.05, 4.69) is 26.9 Å². The van der Waals surface area contributed by atoms with Gasteiger partial charge in [-0.2, -0.15) is 13.2 Å². The molecule has 0 unspecified atom stereocenters. The molecule has 164 valence electrons. The number of hydrogen-bond acceptors (Lipinski definition) is 4. The van der Waals surface area contributed by atoms with Gasteiger partial charge in [-0.25, -0.2) is 4.39 Å². The highest BCUT2D eigenvalue weighted by molar-refractivity contribution is 6.02. The number of rotatable bonds is 5. The molecule has 0 amide bonds. The van der Waals surface area contributed by atoms with Gasteiger partial charge in [0.2, 0.25) is 0 Å². The first-order valence-electron chi connectivity index (χ1n) is 9.89. The average molecular weight is 440 g/mol. The minimum Gasteiger partial charge on any atom is -0.358 e. The van der Waals surface area contributed by atoms with Crippen LogP contribution in [0.15, 0.2) is 60.0 Å². The molecule has 32 heavy (non-hydrogen) atoms. The number of fused-ring (bicyclic) bond motifs is 1. The summed E-state index contributed by atoms with van der Waals surface area (Å²) in [5.41, 5.74) is 4.07. The van der Waals surface area contributed by atoms with Crippen LogP contribution in [0.4, 0.5) is 23.2 Å². The number of benzene rings is 1. The van der Waals surface area contributed by atoms with E-state index in [9.17, 15) is 17.6 Å². The lowest BCUT2D eigenvalue weighted by Crippen LogP contribution is -2.10. The number of aromatic nitrogens is 2. The molecule has 0 radical (unpaired) electrons. The second-order valence-corrected chi connectivity index (χ2v) is 7.69. The minimum absolute atomic E-state index is 0.103. The molecule has 1 aromatic carbocycles. The molecular weight excluding hydrogens is 420 g/mol. The Balaban J connectivity index is 1.49. The summed E-state index contributed by atoms with van der Waals surface area (Å²) in [6, 6.07) is 7.69. The lowest BCUT2D eigenvalue weighted by Gasteiger charge is -2.14. The van der Waals surface area contributed by atoms with Crippen molar-refractivity contribution in [3.8, 4) is 11.1 Å². The Bertz CT molecular complexity index is 1250. The van der Waals surface area contributed by atoms with Gasteiger partial charge in [0.05, 0.1) is 29.7 Å². The third kappa shape index (κ3) is 4.39. The van der Waals surface area contributed by atoms with Crippen LogP contribution >= 0.6 is 0 Å². The molecule has 0 saturated carbocycles. The summed E-state index contributed by atoms with van der Waals surface area (Å²) in [5.74, 6) is -0.416. The van der Waals surface area contributed by atoms with E-state index in [1.807, 2.05) is 13.0 Å². The van der Waals surface area contributed by atoms with E-state index in [-0.39, 0.29) is 17.8 Å². The van der Waals surface area contributed by atoms with E-state index in [1.165, 1.54) is 19.2 Å². The smallest absolute Gasteiger partial charge is 0.358 e. The number of nitrogens with zero attached hydrogens (tertiary/aromatic N) is 3. The quantitative estimate of drug-likeness (QED) is 0.488. The summed E-state index contributed by atoms with van der Waals surface area (Å²) in [6.45, 7) is 7.59. The Hall–Kier alpha value is -3.55. The van der Waals surface area contributed by atoms with Crippen LogP contribution in [0.1, 0.15) is 35.0 Å². The summed E-state index contributed by atoms with van der Waals surface area (Å²) in [5, 5.41) is 2.83. The molecule has 2 aromatic heterocycles. The van der Waals surface area contributed by atoms with Gasteiger partial charge in [-0.05, 0) is 37.6 Å². The Kier molecular flexibility index (Phi) is 5.54. The summed E-state index contributed by atoms with van der Waals surface area (Å²) in [7, 11) is 0. The van der Waals surface area contributed by atoms with E-state index >= 15 is 0 Å². The van der Waals surface area contributed by atoms with Crippen molar-refractivity contribution >= 4 is 11.4 Å². The van der Waals surface area contributed by atoms with Crippen LogP contribution in [0.25, 0.3) is 11.1 Å². The Labute approximate surface area is 182 Å². The zero-order valence-electron chi connectivity index (χ0n) is 17.5. The number of aliphatic imine (C=N–C) groups is 1. The average Bonchev–Trinajstić information content (AvgIpc) is 3.09. The minimum atomic E-state index is -4.49. The van der Waals surface area contributed by atoms with Gasteiger partial charge in [0, 0.05) is 46.4 Å². The highest BCUT2D eigenvalue weighted by Crippen LogP contribution is 2.33. The molecule has 1 aliphatic rings. The van der Waals surface area contributed by atoms with Crippen molar-refractivity contribution in [1.82, 2.24) is 9.97 Å². The highest BCUT2D eigenvalue weighted by atomic mass is 19.4. The zero-order valence-corrected chi connectivity index (χ0v) is 17.5. The van der Waals surface area contributed by atoms with Crippen molar-refractivity contribution in [2.24, 2.45) is 4.99 Å². The Morgan fingerprint density at radius 1 is 1.06 bits per heavy atom. The number of alkyl halides is 3. The predicted octanol–water partition coefficient (Wildman–Crippen LogP) is 6.10. The van der Waals surface area contributed by atoms with Gasteiger partial charge in [-0.1, -0.05) is 18.7 Å². The lowest BCUT2D eigenvalue weighted by atomic mass is 10.00. The summed E-state index contributed by atoms with van der Waals surface area (Å²) >= 11 is 0. The monoisotopic (exact) mass is 440 g/mol. The fourth-order valence-electron chi connectivity index (χ4n) is 3.64. The first-order valence-corrected chi connectivity index (χ1v) is 9.89. The van der Waals surface area contributed by atoms with Gasteiger partial charge >= 0.3 is 6.18 Å². The SMILES string of the molecule is C=C(Cc1ccc(-c2cnc3c(c2)C(C)=NC3)c(F)c1)Nc1cnc(C)c(C(F)(F)F)c1. The molecule has 3 heterocycles. The zero-order chi connectivity index (χ0) is 23.0. The fraction of sp³-hybridized carbons (Fsp3) is 0.208. The van der Waals surface area contributed by atoms with Crippen molar-refractivity contribution in [2.45, 2.75) is 33.0 Å². The number of allylic oxidation sites excluding steroid dienone is 1. The molecule has 8 heteroatoms. The van der Waals surface area contributed by atoms with E-state index < -0.39 is 17.6 Å². The van der Waals surface area contributed by atoms with Gasteiger partial charge in [-0.15, -0.1) is 0 Å². The Morgan fingerprint density at radius 3 is 2.56 bits per heavy atom. The van der Waals surface area contributed by atoms with Crippen LogP contribution in [0, 0.1) is 12.7 Å². The molecule has 0 atom stereocenters. The molecular formula is C24H20F4N4. The fourth-order valence-corrected chi connectivity index (χ4v) is 3.64. The molecule has 1 N–H and O–H groups in total. The molecule has 3 aromatic rings. The summed E-state index contributed by atoms with van der Waals surface area (Å²) < 4.78 is 54.1. The van der Waals surface area contributed by atoms with Crippen LogP contribution < -0.4 is 5.32 Å². The molecule has 0 aliphatic carbocycles. The molecule has 0 fully saturated rings. The third-order valence-electron chi connectivity index (χ3n) is 5.30. The standard InChI is InChI=1S/C24H20F4N4/c1-13(32-18-9-21(24(26,27)28)15(3)29-11-18)6-16-4-5-19(22(25)7-16)17-8-20-14(2)30-12-23(20)31-10-17/h4-5,7-11,32H,1,6,12H2,2-3H3. The maximum atomic E-state index is 14.8. The van der Waals surface area contributed by atoms with Crippen LogP contribution in [-0.2, 0) is 19.1 Å². The third-order valence-corrected chi connectivity index (χ3v) is 5.30. The van der Waals surface area contributed by atoms with Crippen LogP contribution in [0.5, 0.6) is 0 Å². The number of aryl methyl sites for hydroxylation is 1. The largest absolute Gasteiger partial charge is 0.418 e. The molecule has 0 saturated heterocycles. The maximum absolute atomic E-state index is 14.8. The number of hydrogen-bond donors (Lipinski definition) is 1. The Morgan fingerprint density at radius 2 is 1.84 bits per heavy atom. The van der Waals surface area contributed by atoms with Crippen molar-refractivity contribution in [2.75, 3.05) is 5.32 Å². The first kappa shape index (κ1) is 21.7. The molecule has 4 rings (SSSR count). The summed E-state index contributed by atoms with van der Waals surface area (Å²) in [6.07, 6.45) is -1.31. The molecule has 4 nitrogen and oxygen atoms in total. The van der Waals surface area contributed by atoms with Crippen molar-refractivity contribution in [3.63, 3.8) is 0 Å². The second kappa shape index (κ2) is 8.18. The van der Waals surface area contributed by atoms with Crippen molar-refractivity contribution in [3.05, 3.63) is 88.9 Å². The summed E-state index contributed by atoms with van der Waals surface area (Å²) in [4.78, 5) is 12.5. The van der Waals surface area contributed by atoms with Gasteiger partial charge in [0.15, 0.2) is 0 Å². The molecule has 0 bridgehead atoms. The van der Waals surface area contributed by atoms with Crippen molar-refractivity contribution < 1.29 is 17.6 Å².